The summed E-state index contributed by atoms with van der Waals surface area (Å²) in [5.74, 6) is 0. The van der Waals surface area contributed by atoms with Gasteiger partial charge in [0.2, 0.25) is 0 Å². The lowest BCUT2D eigenvalue weighted by Gasteiger charge is -2.14. The summed E-state index contributed by atoms with van der Waals surface area (Å²) in [7, 11) is 0. The number of thiophene rings is 1. The molecule has 0 aliphatic carbocycles. The lowest BCUT2D eigenvalue weighted by atomic mass is 9.99. The van der Waals surface area contributed by atoms with E-state index in [1.54, 1.807) is 11.3 Å². The summed E-state index contributed by atoms with van der Waals surface area (Å²) < 4.78 is 0. The molecule has 0 saturated carbocycles. The Morgan fingerprint density at radius 3 is 2.89 bits per heavy atom. The largest absolute Gasteiger partial charge is 0.388 e. The molecular weight excluding hydrogens is 254 g/mol. The number of aromatic nitrogens is 1. The van der Waals surface area contributed by atoms with E-state index in [-0.39, 0.29) is 0 Å². The number of rotatable bonds is 3. The number of benzene rings is 1. The van der Waals surface area contributed by atoms with Crippen molar-refractivity contribution in [2.75, 3.05) is 0 Å². The summed E-state index contributed by atoms with van der Waals surface area (Å²) in [5, 5.41) is 15.7. The minimum absolute atomic E-state index is 0.485. The molecule has 0 aliphatic rings. The normalized spacial score (nSPS) is 12.7. The average molecular weight is 269 g/mol. The molecule has 0 amide bonds. The lowest BCUT2D eigenvalue weighted by Crippen LogP contribution is -2.03. The van der Waals surface area contributed by atoms with Crippen molar-refractivity contribution in [1.29, 1.82) is 0 Å². The first kappa shape index (κ1) is 12.3. The average Bonchev–Trinajstić information content (AvgIpc) is 2.90. The van der Waals surface area contributed by atoms with Gasteiger partial charge in [-0.3, -0.25) is 4.98 Å². The summed E-state index contributed by atoms with van der Waals surface area (Å²) in [6, 6.07) is 12.0. The van der Waals surface area contributed by atoms with Crippen LogP contribution in [0.4, 0.5) is 0 Å². The maximum atomic E-state index is 10.5. The molecule has 2 aromatic heterocycles. The van der Waals surface area contributed by atoms with Crippen molar-refractivity contribution in [2.45, 2.75) is 19.4 Å². The standard InChI is InChI=1S/C16H15NOS/c1-11-8-14(13-4-2-3-5-15(13)17-11)16(18)9-12-6-7-19-10-12/h2-8,10,16,18H,9H2,1H3. The molecule has 96 valence electrons. The van der Waals surface area contributed by atoms with Crippen molar-refractivity contribution in [2.24, 2.45) is 0 Å². The highest BCUT2D eigenvalue weighted by Crippen LogP contribution is 2.27. The first-order valence-electron chi connectivity index (χ1n) is 6.29. The van der Waals surface area contributed by atoms with Gasteiger partial charge in [0.1, 0.15) is 0 Å². The van der Waals surface area contributed by atoms with Crippen LogP contribution in [0.3, 0.4) is 0 Å². The third-order valence-electron chi connectivity index (χ3n) is 3.24. The quantitative estimate of drug-likeness (QED) is 0.782. The predicted molar refractivity (Wildman–Crippen MR) is 79.5 cm³/mol. The third kappa shape index (κ3) is 2.53. The highest BCUT2D eigenvalue weighted by molar-refractivity contribution is 7.07. The number of aliphatic hydroxyl groups excluding tert-OH is 1. The fourth-order valence-electron chi connectivity index (χ4n) is 2.36. The number of pyridine rings is 1. The molecule has 3 rings (SSSR count). The maximum absolute atomic E-state index is 10.5. The van der Waals surface area contributed by atoms with Crippen molar-refractivity contribution >= 4 is 22.2 Å². The van der Waals surface area contributed by atoms with Crippen LogP contribution in [0.15, 0.2) is 47.2 Å². The summed E-state index contributed by atoms with van der Waals surface area (Å²) in [5.41, 5.74) is 4.03. The topological polar surface area (TPSA) is 33.1 Å². The molecule has 1 aromatic carbocycles. The number of nitrogens with zero attached hydrogens (tertiary/aromatic N) is 1. The Kier molecular flexibility index (Phi) is 3.32. The second-order valence-corrected chi connectivity index (χ2v) is 5.50. The number of para-hydroxylation sites is 1. The molecule has 1 N–H and O–H groups in total. The number of fused-ring (bicyclic) bond motifs is 1. The molecule has 0 bridgehead atoms. The zero-order valence-corrected chi connectivity index (χ0v) is 11.5. The Morgan fingerprint density at radius 1 is 1.26 bits per heavy atom. The van der Waals surface area contributed by atoms with Crippen LogP contribution in [0, 0.1) is 6.92 Å². The van der Waals surface area contributed by atoms with Gasteiger partial charge in [0, 0.05) is 17.5 Å². The molecule has 0 radical (unpaired) electrons. The van der Waals surface area contributed by atoms with Gasteiger partial charge in [-0.05, 0) is 47.0 Å². The molecule has 2 nitrogen and oxygen atoms in total. The molecule has 1 atom stereocenters. The number of hydrogen-bond donors (Lipinski definition) is 1. The zero-order valence-electron chi connectivity index (χ0n) is 10.7. The van der Waals surface area contributed by atoms with E-state index in [2.05, 4.69) is 16.4 Å². The maximum Gasteiger partial charge on any atom is 0.0837 e. The van der Waals surface area contributed by atoms with Crippen molar-refractivity contribution in [3.05, 3.63) is 64.0 Å². The zero-order chi connectivity index (χ0) is 13.2. The van der Waals surface area contributed by atoms with Crippen LogP contribution in [0.5, 0.6) is 0 Å². The molecular formula is C16H15NOS. The highest BCUT2D eigenvalue weighted by Gasteiger charge is 2.13. The van der Waals surface area contributed by atoms with E-state index in [1.165, 1.54) is 5.56 Å². The second kappa shape index (κ2) is 5.11. The van der Waals surface area contributed by atoms with Crippen LogP contribution in [-0.2, 0) is 6.42 Å². The van der Waals surface area contributed by atoms with Crippen molar-refractivity contribution in [1.82, 2.24) is 4.98 Å². The van der Waals surface area contributed by atoms with Crippen LogP contribution in [0.1, 0.15) is 22.9 Å². The van der Waals surface area contributed by atoms with Crippen molar-refractivity contribution < 1.29 is 5.11 Å². The first-order chi connectivity index (χ1) is 9.24. The van der Waals surface area contributed by atoms with Gasteiger partial charge in [0.15, 0.2) is 0 Å². The van der Waals surface area contributed by atoms with E-state index in [9.17, 15) is 5.11 Å². The van der Waals surface area contributed by atoms with E-state index in [0.29, 0.717) is 6.42 Å². The smallest absolute Gasteiger partial charge is 0.0837 e. The third-order valence-corrected chi connectivity index (χ3v) is 3.98. The molecule has 1 unspecified atom stereocenters. The number of hydrogen-bond acceptors (Lipinski definition) is 3. The van der Waals surface area contributed by atoms with E-state index in [4.69, 9.17) is 0 Å². The summed E-state index contributed by atoms with van der Waals surface area (Å²) in [6.07, 6.45) is 0.165. The van der Waals surface area contributed by atoms with Gasteiger partial charge in [-0.25, -0.2) is 0 Å². The van der Waals surface area contributed by atoms with Gasteiger partial charge in [-0.2, -0.15) is 11.3 Å². The fourth-order valence-corrected chi connectivity index (χ4v) is 3.04. The molecule has 3 aromatic rings. The van der Waals surface area contributed by atoms with Gasteiger partial charge in [-0.1, -0.05) is 18.2 Å². The fraction of sp³-hybridized carbons (Fsp3) is 0.188. The predicted octanol–water partition coefficient (Wildman–Crippen LogP) is 3.88. The van der Waals surface area contributed by atoms with Crippen LogP contribution < -0.4 is 0 Å². The van der Waals surface area contributed by atoms with Gasteiger partial charge < -0.3 is 5.11 Å². The van der Waals surface area contributed by atoms with Crippen molar-refractivity contribution in [3.8, 4) is 0 Å². The van der Waals surface area contributed by atoms with Gasteiger partial charge in [-0.15, -0.1) is 0 Å². The Balaban J connectivity index is 2.03. The van der Waals surface area contributed by atoms with Crippen LogP contribution in [0.2, 0.25) is 0 Å². The monoisotopic (exact) mass is 269 g/mol. The molecule has 0 spiro atoms. The minimum atomic E-state index is -0.485. The van der Waals surface area contributed by atoms with Crippen LogP contribution in [-0.4, -0.2) is 10.1 Å². The Hall–Kier alpha value is -1.71. The lowest BCUT2D eigenvalue weighted by molar-refractivity contribution is 0.180. The summed E-state index contributed by atoms with van der Waals surface area (Å²) in [6.45, 7) is 1.97. The molecule has 3 heteroatoms. The first-order valence-corrected chi connectivity index (χ1v) is 7.24. The van der Waals surface area contributed by atoms with Crippen LogP contribution >= 0.6 is 11.3 Å². The van der Waals surface area contributed by atoms with E-state index in [1.807, 2.05) is 42.6 Å². The Bertz CT molecular complexity index is 691. The second-order valence-electron chi connectivity index (χ2n) is 4.72. The van der Waals surface area contributed by atoms with E-state index >= 15 is 0 Å². The number of aliphatic hydroxyl groups is 1. The molecule has 2 heterocycles. The summed E-state index contributed by atoms with van der Waals surface area (Å²) >= 11 is 1.66. The van der Waals surface area contributed by atoms with E-state index in [0.717, 1.165) is 22.2 Å². The van der Waals surface area contributed by atoms with Gasteiger partial charge in [0.05, 0.1) is 11.6 Å². The van der Waals surface area contributed by atoms with E-state index < -0.39 is 6.10 Å². The molecule has 0 aliphatic heterocycles. The molecule has 0 saturated heterocycles. The van der Waals surface area contributed by atoms with Crippen molar-refractivity contribution in [3.63, 3.8) is 0 Å². The van der Waals surface area contributed by atoms with Gasteiger partial charge >= 0.3 is 0 Å². The SMILES string of the molecule is Cc1cc(C(O)Cc2ccsc2)c2ccccc2n1. The highest BCUT2D eigenvalue weighted by atomic mass is 32.1. The van der Waals surface area contributed by atoms with Crippen LogP contribution in [0.25, 0.3) is 10.9 Å². The summed E-state index contributed by atoms with van der Waals surface area (Å²) in [4.78, 5) is 4.51. The molecule has 19 heavy (non-hydrogen) atoms. The van der Waals surface area contributed by atoms with Gasteiger partial charge in [0.25, 0.3) is 0 Å². The Labute approximate surface area is 116 Å². The molecule has 0 fully saturated rings. The Morgan fingerprint density at radius 2 is 2.11 bits per heavy atom. The number of aryl methyl sites for hydroxylation is 1. The minimum Gasteiger partial charge on any atom is -0.388 e.